The highest BCUT2D eigenvalue weighted by Crippen LogP contribution is 2.47. The number of nitrogens with one attached hydrogen (secondary N) is 2. The largest absolute Gasteiger partial charge is 0.319 e. The van der Waals surface area contributed by atoms with Gasteiger partial charge in [-0.25, -0.2) is 0 Å². The maximum Gasteiger partial charge on any atom is 0.0208 e. The van der Waals surface area contributed by atoms with Gasteiger partial charge in [0.05, 0.1) is 0 Å². The van der Waals surface area contributed by atoms with Gasteiger partial charge in [0.15, 0.2) is 0 Å². The van der Waals surface area contributed by atoms with E-state index in [2.05, 4.69) is 41.8 Å². The molecule has 0 unspecified atom stereocenters. The number of likely N-dealkylation sites (N-methyl/N-ethyl adjacent to an activating group) is 1. The molecule has 0 bridgehead atoms. The molecule has 2 nitrogen and oxygen atoms in total. The molecule has 1 aliphatic rings. The van der Waals surface area contributed by atoms with E-state index in [1.54, 1.807) is 0 Å². The van der Waals surface area contributed by atoms with Crippen molar-refractivity contribution in [1.29, 1.82) is 0 Å². The van der Waals surface area contributed by atoms with Crippen LogP contribution in [-0.2, 0) is 13.0 Å². The molecule has 0 aliphatic heterocycles. The summed E-state index contributed by atoms with van der Waals surface area (Å²) in [5, 5.41) is 6.87. The Morgan fingerprint density at radius 3 is 2.50 bits per heavy atom. The van der Waals surface area contributed by atoms with Crippen molar-refractivity contribution in [3.05, 3.63) is 35.4 Å². The minimum absolute atomic E-state index is 0.639. The molecule has 0 amide bonds. The van der Waals surface area contributed by atoms with E-state index in [1.165, 1.54) is 36.9 Å². The lowest BCUT2D eigenvalue weighted by Gasteiger charge is -2.15. The third-order valence-electron chi connectivity index (χ3n) is 4.29. The lowest BCUT2D eigenvalue weighted by molar-refractivity contribution is 0.443. The summed E-state index contributed by atoms with van der Waals surface area (Å²) in [6, 6.07) is 8.79. The first-order valence-electron chi connectivity index (χ1n) is 7.22. The van der Waals surface area contributed by atoms with Crippen molar-refractivity contribution in [2.45, 2.75) is 39.2 Å². The van der Waals surface area contributed by atoms with Gasteiger partial charge >= 0.3 is 0 Å². The molecule has 0 radical (unpaired) electrons. The fourth-order valence-corrected chi connectivity index (χ4v) is 2.53. The number of rotatable bonds is 8. The average Bonchev–Trinajstić information content (AvgIpc) is 3.18. The molecule has 2 N–H and O–H groups in total. The molecule has 1 aliphatic carbocycles. The summed E-state index contributed by atoms with van der Waals surface area (Å²) >= 11 is 0. The van der Waals surface area contributed by atoms with Gasteiger partial charge in [-0.2, -0.15) is 0 Å². The SMILES string of the molecule is CCC1(CNCc2ccccc2CCNC)CC1. The van der Waals surface area contributed by atoms with Crippen LogP contribution in [-0.4, -0.2) is 20.1 Å². The molecule has 1 aromatic carbocycles. The minimum atomic E-state index is 0.639. The van der Waals surface area contributed by atoms with Crippen LogP contribution < -0.4 is 10.6 Å². The summed E-state index contributed by atoms with van der Waals surface area (Å²) in [5.74, 6) is 0. The lowest BCUT2D eigenvalue weighted by atomic mass is 10.0. The molecule has 1 fully saturated rings. The van der Waals surface area contributed by atoms with E-state index in [-0.39, 0.29) is 0 Å². The first-order valence-corrected chi connectivity index (χ1v) is 7.22. The van der Waals surface area contributed by atoms with Gasteiger partial charge in [0.2, 0.25) is 0 Å². The summed E-state index contributed by atoms with van der Waals surface area (Å²) in [7, 11) is 2.01. The maximum absolute atomic E-state index is 3.65. The van der Waals surface area contributed by atoms with Gasteiger partial charge in [-0.05, 0) is 55.8 Å². The first-order chi connectivity index (χ1) is 8.79. The fraction of sp³-hybridized carbons (Fsp3) is 0.625. The van der Waals surface area contributed by atoms with E-state index >= 15 is 0 Å². The highest BCUT2D eigenvalue weighted by atomic mass is 14.9. The normalized spacial score (nSPS) is 16.8. The molecule has 0 aromatic heterocycles. The Balaban J connectivity index is 1.84. The topological polar surface area (TPSA) is 24.1 Å². The van der Waals surface area contributed by atoms with Gasteiger partial charge in [0.1, 0.15) is 0 Å². The highest BCUT2D eigenvalue weighted by Gasteiger charge is 2.39. The first kappa shape index (κ1) is 13.6. The molecule has 18 heavy (non-hydrogen) atoms. The van der Waals surface area contributed by atoms with Crippen LogP contribution in [0.4, 0.5) is 0 Å². The van der Waals surface area contributed by atoms with Gasteiger partial charge in [0, 0.05) is 13.1 Å². The molecular weight excluding hydrogens is 220 g/mol. The van der Waals surface area contributed by atoms with Crippen LogP contribution in [0.25, 0.3) is 0 Å². The second-order valence-corrected chi connectivity index (χ2v) is 5.58. The molecule has 0 saturated heterocycles. The fourth-order valence-electron chi connectivity index (χ4n) is 2.53. The summed E-state index contributed by atoms with van der Waals surface area (Å²) < 4.78 is 0. The van der Waals surface area contributed by atoms with E-state index in [0.717, 1.165) is 19.5 Å². The Bertz CT molecular complexity index is 369. The van der Waals surface area contributed by atoms with Crippen molar-refractivity contribution in [2.24, 2.45) is 5.41 Å². The summed E-state index contributed by atoms with van der Waals surface area (Å²) in [4.78, 5) is 0. The Labute approximate surface area is 111 Å². The van der Waals surface area contributed by atoms with Gasteiger partial charge < -0.3 is 10.6 Å². The molecule has 0 heterocycles. The standard InChI is InChI=1S/C16H26N2/c1-3-16(9-10-16)13-18-12-15-7-5-4-6-14(15)8-11-17-2/h4-7,17-18H,3,8-13H2,1-2H3. The van der Waals surface area contributed by atoms with Crippen molar-refractivity contribution >= 4 is 0 Å². The molecule has 100 valence electrons. The van der Waals surface area contributed by atoms with E-state index in [9.17, 15) is 0 Å². The lowest BCUT2D eigenvalue weighted by Crippen LogP contribution is -2.24. The van der Waals surface area contributed by atoms with Crippen molar-refractivity contribution in [3.63, 3.8) is 0 Å². The predicted molar refractivity (Wildman–Crippen MR) is 77.7 cm³/mol. The van der Waals surface area contributed by atoms with Crippen LogP contribution >= 0.6 is 0 Å². The highest BCUT2D eigenvalue weighted by molar-refractivity contribution is 5.27. The molecule has 1 saturated carbocycles. The number of benzene rings is 1. The predicted octanol–water partition coefficient (Wildman–Crippen LogP) is 2.73. The molecule has 1 aromatic rings. The zero-order chi connectivity index (χ0) is 12.8. The Kier molecular flexibility index (Phi) is 4.79. The molecular formula is C16H26N2. The van der Waals surface area contributed by atoms with E-state index in [1.807, 2.05) is 7.05 Å². The van der Waals surface area contributed by atoms with Gasteiger partial charge in [-0.15, -0.1) is 0 Å². The third kappa shape index (κ3) is 3.56. The second-order valence-electron chi connectivity index (χ2n) is 5.58. The summed E-state index contributed by atoms with van der Waals surface area (Å²) in [5.41, 5.74) is 3.57. The zero-order valence-electron chi connectivity index (χ0n) is 11.8. The summed E-state index contributed by atoms with van der Waals surface area (Å²) in [6.45, 7) is 5.57. The monoisotopic (exact) mass is 246 g/mol. The molecule has 0 spiro atoms. The van der Waals surface area contributed by atoms with E-state index < -0.39 is 0 Å². The van der Waals surface area contributed by atoms with Crippen LogP contribution in [0.3, 0.4) is 0 Å². The van der Waals surface area contributed by atoms with E-state index in [0.29, 0.717) is 5.41 Å². The van der Waals surface area contributed by atoms with Gasteiger partial charge in [-0.3, -0.25) is 0 Å². The Hall–Kier alpha value is -0.860. The molecule has 2 heteroatoms. The number of hydrogen-bond acceptors (Lipinski definition) is 2. The van der Waals surface area contributed by atoms with E-state index in [4.69, 9.17) is 0 Å². The van der Waals surface area contributed by atoms with Crippen LogP contribution in [0.15, 0.2) is 24.3 Å². The van der Waals surface area contributed by atoms with Gasteiger partial charge in [0.25, 0.3) is 0 Å². The van der Waals surface area contributed by atoms with Crippen molar-refractivity contribution in [2.75, 3.05) is 20.1 Å². The van der Waals surface area contributed by atoms with Crippen LogP contribution in [0.1, 0.15) is 37.3 Å². The minimum Gasteiger partial charge on any atom is -0.319 e. The molecule has 0 atom stereocenters. The van der Waals surface area contributed by atoms with Crippen LogP contribution in [0, 0.1) is 5.41 Å². The van der Waals surface area contributed by atoms with Gasteiger partial charge in [-0.1, -0.05) is 31.2 Å². The van der Waals surface area contributed by atoms with Crippen molar-refractivity contribution < 1.29 is 0 Å². The second kappa shape index (κ2) is 6.35. The third-order valence-corrected chi connectivity index (χ3v) is 4.29. The zero-order valence-corrected chi connectivity index (χ0v) is 11.8. The maximum atomic E-state index is 3.65. The average molecular weight is 246 g/mol. The quantitative estimate of drug-likeness (QED) is 0.737. The molecule has 2 rings (SSSR count). The van der Waals surface area contributed by atoms with Crippen molar-refractivity contribution in [3.8, 4) is 0 Å². The van der Waals surface area contributed by atoms with Crippen LogP contribution in [0.5, 0.6) is 0 Å². The Morgan fingerprint density at radius 1 is 1.17 bits per heavy atom. The van der Waals surface area contributed by atoms with Crippen molar-refractivity contribution in [1.82, 2.24) is 10.6 Å². The Morgan fingerprint density at radius 2 is 1.89 bits per heavy atom. The summed E-state index contributed by atoms with van der Waals surface area (Å²) in [6.07, 6.45) is 5.27. The smallest absolute Gasteiger partial charge is 0.0208 e. The number of hydrogen-bond donors (Lipinski definition) is 2. The van der Waals surface area contributed by atoms with Crippen LogP contribution in [0.2, 0.25) is 0 Å².